The topological polar surface area (TPSA) is 69.3 Å². The maximum Gasteiger partial charge on any atom is 0.292 e. The number of hydrogen-bond acceptors (Lipinski definition) is 4. The Morgan fingerprint density at radius 1 is 1.16 bits per heavy atom. The van der Waals surface area contributed by atoms with Crippen LogP contribution in [0.2, 0.25) is 10.0 Å². The molecule has 164 valence electrons. The van der Waals surface area contributed by atoms with Gasteiger partial charge in [-0.25, -0.2) is 0 Å². The molecule has 0 fully saturated rings. The third-order valence-electron chi connectivity index (χ3n) is 4.38. The lowest BCUT2D eigenvalue weighted by atomic mass is 10.2. The SMILES string of the molecule is O=C(Nc1nn(Cc2ccc(Cl)cc2Cl)cc1Br)c1ccc(COc2ccc(I)cc2)o1. The van der Waals surface area contributed by atoms with E-state index in [0.717, 1.165) is 14.9 Å². The van der Waals surface area contributed by atoms with Gasteiger partial charge in [0.1, 0.15) is 18.1 Å². The first-order valence-electron chi connectivity index (χ1n) is 9.33. The van der Waals surface area contributed by atoms with E-state index in [1.165, 1.54) is 0 Å². The van der Waals surface area contributed by atoms with Crippen LogP contribution >= 0.6 is 61.7 Å². The van der Waals surface area contributed by atoms with Crippen LogP contribution in [0.3, 0.4) is 0 Å². The van der Waals surface area contributed by atoms with Crippen molar-refractivity contribution in [2.75, 3.05) is 5.32 Å². The fourth-order valence-corrected chi connectivity index (χ4v) is 4.06. The molecule has 0 aliphatic rings. The van der Waals surface area contributed by atoms with Gasteiger partial charge in [0.2, 0.25) is 0 Å². The molecule has 2 heterocycles. The molecule has 0 radical (unpaired) electrons. The van der Waals surface area contributed by atoms with Gasteiger partial charge in [0.25, 0.3) is 5.91 Å². The molecule has 0 bridgehead atoms. The van der Waals surface area contributed by atoms with Crippen LogP contribution in [0.25, 0.3) is 0 Å². The summed E-state index contributed by atoms with van der Waals surface area (Å²) in [7, 11) is 0. The molecule has 0 spiro atoms. The van der Waals surface area contributed by atoms with Crippen molar-refractivity contribution >= 4 is 73.4 Å². The second-order valence-corrected chi connectivity index (χ2v) is 9.67. The Hall–Kier alpha value is -2.01. The predicted octanol–water partition coefficient (Wildman–Crippen LogP) is 7.03. The van der Waals surface area contributed by atoms with Gasteiger partial charge in [-0.05, 0) is 92.6 Å². The zero-order valence-electron chi connectivity index (χ0n) is 16.3. The number of nitrogens with zero attached hydrogens (tertiary/aromatic N) is 2. The van der Waals surface area contributed by atoms with Gasteiger partial charge in [-0.2, -0.15) is 5.10 Å². The minimum absolute atomic E-state index is 0.161. The number of ether oxygens (including phenoxy) is 1. The van der Waals surface area contributed by atoms with E-state index in [0.29, 0.717) is 32.6 Å². The fourth-order valence-electron chi connectivity index (χ4n) is 2.82. The zero-order chi connectivity index (χ0) is 22.7. The molecule has 0 aliphatic carbocycles. The normalized spacial score (nSPS) is 10.9. The Morgan fingerprint density at radius 3 is 2.69 bits per heavy atom. The maximum absolute atomic E-state index is 12.6. The third kappa shape index (κ3) is 5.86. The number of aromatic nitrogens is 2. The van der Waals surface area contributed by atoms with Gasteiger partial charge in [-0.1, -0.05) is 29.3 Å². The van der Waals surface area contributed by atoms with Gasteiger partial charge in [-0.15, -0.1) is 0 Å². The minimum atomic E-state index is -0.416. The van der Waals surface area contributed by atoms with Crippen molar-refractivity contribution in [3.05, 3.63) is 96.0 Å². The van der Waals surface area contributed by atoms with Crippen LogP contribution in [0.1, 0.15) is 21.9 Å². The minimum Gasteiger partial charge on any atom is -0.486 e. The predicted molar refractivity (Wildman–Crippen MR) is 136 cm³/mol. The number of amides is 1. The van der Waals surface area contributed by atoms with Crippen LogP contribution in [0, 0.1) is 3.57 Å². The van der Waals surface area contributed by atoms with Crippen LogP contribution < -0.4 is 10.1 Å². The van der Waals surface area contributed by atoms with E-state index in [-0.39, 0.29) is 12.4 Å². The van der Waals surface area contributed by atoms with Crippen LogP contribution in [0.4, 0.5) is 5.82 Å². The van der Waals surface area contributed by atoms with Crippen molar-refractivity contribution in [1.82, 2.24) is 9.78 Å². The van der Waals surface area contributed by atoms with E-state index in [9.17, 15) is 4.79 Å². The van der Waals surface area contributed by atoms with Crippen LogP contribution in [0.15, 0.2) is 69.7 Å². The van der Waals surface area contributed by atoms with E-state index >= 15 is 0 Å². The van der Waals surface area contributed by atoms with Crippen molar-refractivity contribution in [3.8, 4) is 5.75 Å². The summed E-state index contributed by atoms with van der Waals surface area (Å²) in [4.78, 5) is 12.6. The summed E-state index contributed by atoms with van der Waals surface area (Å²) in [6.07, 6.45) is 1.75. The van der Waals surface area contributed by atoms with E-state index < -0.39 is 5.91 Å². The van der Waals surface area contributed by atoms with Crippen molar-refractivity contribution in [1.29, 1.82) is 0 Å². The van der Waals surface area contributed by atoms with Gasteiger partial charge in [0.15, 0.2) is 11.6 Å². The molecule has 1 N–H and O–H groups in total. The first-order valence-corrected chi connectivity index (χ1v) is 12.0. The molecule has 0 saturated heterocycles. The molecule has 32 heavy (non-hydrogen) atoms. The van der Waals surface area contributed by atoms with Crippen LogP contribution in [-0.2, 0) is 13.2 Å². The smallest absolute Gasteiger partial charge is 0.292 e. The number of benzene rings is 2. The maximum atomic E-state index is 12.6. The highest BCUT2D eigenvalue weighted by Gasteiger charge is 2.16. The molecule has 0 saturated carbocycles. The summed E-state index contributed by atoms with van der Waals surface area (Å²) in [5, 5.41) is 8.26. The Balaban J connectivity index is 1.38. The molecule has 1 amide bonds. The number of nitrogens with one attached hydrogen (secondary N) is 1. The van der Waals surface area contributed by atoms with Crippen LogP contribution in [0.5, 0.6) is 5.75 Å². The molecule has 4 aromatic rings. The molecule has 0 unspecified atom stereocenters. The Morgan fingerprint density at radius 2 is 1.94 bits per heavy atom. The molecule has 2 aromatic heterocycles. The number of carbonyl (C=O) groups is 1. The highest BCUT2D eigenvalue weighted by atomic mass is 127. The summed E-state index contributed by atoms with van der Waals surface area (Å²) < 4.78 is 14.7. The second kappa shape index (κ2) is 10.3. The van der Waals surface area contributed by atoms with E-state index in [1.807, 2.05) is 30.3 Å². The Bertz CT molecular complexity index is 1260. The van der Waals surface area contributed by atoms with Gasteiger partial charge in [0, 0.05) is 19.8 Å². The number of carbonyl (C=O) groups excluding carboxylic acids is 1. The summed E-state index contributed by atoms with van der Waals surface area (Å²) in [5.41, 5.74) is 0.854. The average molecular weight is 647 g/mol. The molecular weight excluding hydrogens is 632 g/mol. The average Bonchev–Trinajstić information content (AvgIpc) is 3.36. The number of furan rings is 1. The summed E-state index contributed by atoms with van der Waals surface area (Å²) >= 11 is 17.8. The standard InChI is InChI=1S/C22H15BrCl2IN3O3/c23-18-11-29(10-13-1-2-14(24)9-19(13)25)28-21(18)27-22(30)20-8-7-17(32-20)12-31-16-5-3-15(26)4-6-16/h1-9,11H,10,12H2,(H,27,28,30). The van der Waals surface area contributed by atoms with Crippen molar-refractivity contribution in [2.24, 2.45) is 0 Å². The van der Waals surface area contributed by atoms with E-state index in [1.54, 1.807) is 35.1 Å². The van der Waals surface area contributed by atoms with Crippen molar-refractivity contribution < 1.29 is 13.9 Å². The number of halogens is 4. The Kier molecular flexibility index (Phi) is 7.44. The number of rotatable bonds is 7. The van der Waals surface area contributed by atoms with Crippen LogP contribution in [-0.4, -0.2) is 15.7 Å². The van der Waals surface area contributed by atoms with E-state index in [2.05, 4.69) is 48.9 Å². The second-order valence-electron chi connectivity index (χ2n) is 6.72. The van der Waals surface area contributed by atoms with Gasteiger partial charge in [-0.3, -0.25) is 9.48 Å². The molecule has 2 aromatic carbocycles. The molecule has 4 rings (SSSR count). The summed E-state index contributed by atoms with van der Waals surface area (Å²) in [5.74, 6) is 1.38. The number of hydrogen-bond donors (Lipinski definition) is 1. The molecule has 10 heteroatoms. The van der Waals surface area contributed by atoms with Gasteiger partial charge >= 0.3 is 0 Å². The van der Waals surface area contributed by atoms with Crippen molar-refractivity contribution in [2.45, 2.75) is 13.2 Å². The first kappa shape index (κ1) is 23.2. The fraction of sp³-hybridized carbons (Fsp3) is 0.0909. The molecule has 0 aliphatic heterocycles. The summed E-state index contributed by atoms with van der Waals surface area (Å²) in [6.45, 7) is 0.638. The van der Waals surface area contributed by atoms with E-state index in [4.69, 9.17) is 32.4 Å². The largest absolute Gasteiger partial charge is 0.486 e. The number of anilines is 1. The third-order valence-corrected chi connectivity index (χ3v) is 6.26. The lowest BCUT2D eigenvalue weighted by molar-refractivity contribution is 0.0992. The van der Waals surface area contributed by atoms with Crippen molar-refractivity contribution in [3.63, 3.8) is 0 Å². The zero-order valence-corrected chi connectivity index (χ0v) is 21.6. The monoisotopic (exact) mass is 645 g/mol. The Labute approximate surface area is 216 Å². The molecule has 0 atom stereocenters. The summed E-state index contributed by atoms with van der Waals surface area (Å²) in [6, 6.07) is 16.2. The van der Waals surface area contributed by atoms with Gasteiger partial charge < -0.3 is 14.5 Å². The lowest BCUT2D eigenvalue weighted by Crippen LogP contribution is -2.12. The molecule has 6 nitrogen and oxygen atoms in total. The highest BCUT2D eigenvalue weighted by Crippen LogP contribution is 2.25. The first-order chi connectivity index (χ1) is 15.4. The van der Waals surface area contributed by atoms with Gasteiger partial charge in [0.05, 0.1) is 11.0 Å². The lowest BCUT2D eigenvalue weighted by Gasteiger charge is -2.05. The molecular formula is C22H15BrCl2IN3O3. The quantitative estimate of drug-likeness (QED) is 0.219. The highest BCUT2D eigenvalue weighted by molar-refractivity contribution is 14.1.